The zero-order chi connectivity index (χ0) is 23.6. The van der Waals surface area contributed by atoms with Crippen LogP contribution in [-0.4, -0.2) is 9.13 Å². The van der Waals surface area contributed by atoms with Gasteiger partial charge in [0.2, 0.25) is 0 Å². The molecule has 0 bridgehead atoms. The van der Waals surface area contributed by atoms with Gasteiger partial charge in [-0.2, -0.15) is 0 Å². The number of para-hydroxylation sites is 3. The van der Waals surface area contributed by atoms with Crippen molar-refractivity contribution < 1.29 is 0 Å². The van der Waals surface area contributed by atoms with Gasteiger partial charge in [-0.05, 0) is 53.2 Å². The van der Waals surface area contributed by atoms with Crippen LogP contribution in [0.15, 0.2) is 133 Å². The monoisotopic (exact) mass is 458 g/mol. The van der Waals surface area contributed by atoms with E-state index >= 15 is 0 Å². The molecule has 6 aromatic carbocycles. The third-order valence-corrected chi connectivity index (χ3v) is 7.46. The van der Waals surface area contributed by atoms with E-state index in [1.165, 1.54) is 65.8 Å². The van der Waals surface area contributed by atoms with Crippen LogP contribution in [0.25, 0.3) is 65.8 Å². The Labute approximate surface area is 208 Å². The van der Waals surface area contributed by atoms with Crippen molar-refractivity contribution >= 4 is 54.4 Å². The first-order chi connectivity index (χ1) is 17.9. The first-order valence-corrected chi connectivity index (χ1v) is 12.4. The fourth-order valence-electron chi connectivity index (χ4n) is 5.92. The average molecular weight is 459 g/mol. The Morgan fingerprint density at radius 1 is 0.333 bits per heavy atom. The molecular weight excluding hydrogens is 436 g/mol. The lowest BCUT2D eigenvalue weighted by atomic mass is 10.1. The van der Waals surface area contributed by atoms with Crippen molar-refractivity contribution in [2.75, 3.05) is 0 Å². The molecule has 0 fully saturated rings. The van der Waals surface area contributed by atoms with Gasteiger partial charge >= 0.3 is 0 Å². The van der Waals surface area contributed by atoms with E-state index in [-0.39, 0.29) is 0 Å². The zero-order valence-corrected chi connectivity index (χ0v) is 19.6. The maximum atomic E-state index is 2.46. The number of fused-ring (bicyclic) bond motifs is 8. The standard InChI is InChI=1S/C34H22N2/c1-3-13-25(14-4-1)35-31-18-10-9-17-27(31)28-19-20-29-30-21-23-11-7-8-12-24(23)22-32(30)36(34(29)33(28)35)26-15-5-2-6-16-26/h1-22H. The van der Waals surface area contributed by atoms with Crippen LogP contribution in [0.2, 0.25) is 0 Å². The summed E-state index contributed by atoms with van der Waals surface area (Å²) in [7, 11) is 0. The highest BCUT2D eigenvalue weighted by Gasteiger charge is 2.21. The molecule has 0 unspecified atom stereocenters. The van der Waals surface area contributed by atoms with Gasteiger partial charge in [0.15, 0.2) is 0 Å². The highest BCUT2D eigenvalue weighted by atomic mass is 15.0. The summed E-state index contributed by atoms with van der Waals surface area (Å²) in [5.74, 6) is 0. The van der Waals surface area contributed by atoms with Crippen LogP contribution in [-0.2, 0) is 0 Å². The van der Waals surface area contributed by atoms with E-state index in [1.807, 2.05) is 0 Å². The molecule has 0 saturated heterocycles. The summed E-state index contributed by atoms with van der Waals surface area (Å²) < 4.78 is 4.89. The summed E-state index contributed by atoms with van der Waals surface area (Å²) in [5, 5.41) is 7.61. The fraction of sp³-hybridized carbons (Fsp3) is 0. The lowest BCUT2D eigenvalue weighted by Gasteiger charge is -2.12. The van der Waals surface area contributed by atoms with Crippen molar-refractivity contribution in [2.45, 2.75) is 0 Å². The summed E-state index contributed by atoms with van der Waals surface area (Å²) >= 11 is 0. The van der Waals surface area contributed by atoms with Gasteiger partial charge in [0.25, 0.3) is 0 Å². The molecule has 0 aliphatic rings. The second-order valence-electron chi connectivity index (χ2n) is 9.43. The van der Waals surface area contributed by atoms with Gasteiger partial charge in [-0.25, -0.2) is 0 Å². The Morgan fingerprint density at radius 3 is 1.50 bits per heavy atom. The maximum absolute atomic E-state index is 2.46. The number of rotatable bonds is 2. The van der Waals surface area contributed by atoms with Crippen LogP contribution in [0.4, 0.5) is 0 Å². The molecule has 0 atom stereocenters. The number of aromatic nitrogens is 2. The SMILES string of the molecule is c1ccc(-n2c3ccccc3c3ccc4c5cc6ccccc6cc5n(-c5ccccc5)c4c32)cc1. The van der Waals surface area contributed by atoms with Crippen molar-refractivity contribution in [3.8, 4) is 11.4 Å². The van der Waals surface area contributed by atoms with E-state index in [0.717, 1.165) is 0 Å². The molecule has 0 aliphatic heterocycles. The van der Waals surface area contributed by atoms with E-state index in [0.29, 0.717) is 0 Å². The van der Waals surface area contributed by atoms with E-state index < -0.39 is 0 Å². The Hall–Kier alpha value is -4.82. The van der Waals surface area contributed by atoms with Crippen molar-refractivity contribution in [1.29, 1.82) is 0 Å². The predicted octanol–water partition coefficient (Wildman–Crippen LogP) is 9.03. The lowest BCUT2D eigenvalue weighted by Crippen LogP contribution is -1.98. The van der Waals surface area contributed by atoms with Crippen LogP contribution in [0.1, 0.15) is 0 Å². The normalized spacial score (nSPS) is 11.9. The number of benzene rings is 6. The molecule has 0 saturated carbocycles. The molecule has 2 aromatic heterocycles. The van der Waals surface area contributed by atoms with E-state index in [2.05, 4.69) is 143 Å². The summed E-state index contributed by atoms with van der Waals surface area (Å²) in [6.45, 7) is 0. The van der Waals surface area contributed by atoms with Crippen molar-refractivity contribution in [2.24, 2.45) is 0 Å². The first kappa shape index (κ1) is 19.5. The topological polar surface area (TPSA) is 9.86 Å². The molecule has 36 heavy (non-hydrogen) atoms. The lowest BCUT2D eigenvalue weighted by molar-refractivity contribution is 1.15. The summed E-state index contributed by atoms with van der Waals surface area (Å²) in [6, 6.07) is 48.2. The summed E-state index contributed by atoms with van der Waals surface area (Å²) in [6.07, 6.45) is 0. The van der Waals surface area contributed by atoms with E-state index in [4.69, 9.17) is 0 Å². The van der Waals surface area contributed by atoms with Crippen LogP contribution in [0.5, 0.6) is 0 Å². The van der Waals surface area contributed by atoms with E-state index in [9.17, 15) is 0 Å². The quantitative estimate of drug-likeness (QED) is 0.244. The van der Waals surface area contributed by atoms with Crippen molar-refractivity contribution in [3.05, 3.63) is 133 Å². The fourth-order valence-corrected chi connectivity index (χ4v) is 5.92. The second kappa shape index (κ2) is 7.34. The molecule has 0 N–H and O–H groups in total. The Balaban J connectivity index is 1.69. The molecule has 2 heterocycles. The average Bonchev–Trinajstić information content (AvgIpc) is 3.45. The minimum atomic E-state index is 1.17. The molecule has 8 aromatic rings. The molecule has 0 radical (unpaired) electrons. The van der Waals surface area contributed by atoms with Gasteiger partial charge in [0, 0.05) is 32.9 Å². The van der Waals surface area contributed by atoms with Crippen LogP contribution in [0, 0.1) is 0 Å². The van der Waals surface area contributed by atoms with Crippen molar-refractivity contribution in [1.82, 2.24) is 9.13 Å². The first-order valence-electron chi connectivity index (χ1n) is 12.4. The largest absolute Gasteiger partial charge is 0.307 e. The third-order valence-electron chi connectivity index (χ3n) is 7.46. The van der Waals surface area contributed by atoms with Gasteiger partial charge in [0.05, 0.1) is 22.1 Å². The molecule has 168 valence electrons. The molecule has 2 nitrogen and oxygen atoms in total. The van der Waals surface area contributed by atoms with E-state index in [1.54, 1.807) is 0 Å². The second-order valence-corrected chi connectivity index (χ2v) is 9.43. The molecular formula is C34H22N2. The van der Waals surface area contributed by atoms with Crippen LogP contribution in [0.3, 0.4) is 0 Å². The third kappa shape index (κ3) is 2.61. The Kier molecular flexibility index (Phi) is 3.97. The molecule has 0 spiro atoms. The zero-order valence-electron chi connectivity index (χ0n) is 19.6. The number of hydrogen-bond acceptors (Lipinski definition) is 0. The van der Waals surface area contributed by atoms with Crippen molar-refractivity contribution in [3.63, 3.8) is 0 Å². The predicted molar refractivity (Wildman–Crippen MR) is 153 cm³/mol. The van der Waals surface area contributed by atoms with Gasteiger partial charge in [-0.3, -0.25) is 0 Å². The van der Waals surface area contributed by atoms with Gasteiger partial charge in [0.1, 0.15) is 0 Å². The van der Waals surface area contributed by atoms with Gasteiger partial charge in [-0.1, -0.05) is 91.0 Å². The maximum Gasteiger partial charge on any atom is 0.0788 e. The van der Waals surface area contributed by atoms with Gasteiger partial charge in [-0.15, -0.1) is 0 Å². The molecule has 2 heteroatoms. The summed E-state index contributed by atoms with van der Waals surface area (Å²) in [5.41, 5.74) is 7.28. The number of hydrogen-bond donors (Lipinski definition) is 0. The minimum Gasteiger partial charge on any atom is -0.307 e. The Morgan fingerprint density at radius 2 is 0.833 bits per heavy atom. The number of nitrogens with zero attached hydrogens (tertiary/aromatic N) is 2. The highest BCUT2D eigenvalue weighted by molar-refractivity contribution is 6.24. The Bertz CT molecular complexity index is 2080. The smallest absolute Gasteiger partial charge is 0.0788 e. The molecule has 0 aliphatic carbocycles. The minimum absolute atomic E-state index is 1.17. The van der Waals surface area contributed by atoms with Gasteiger partial charge < -0.3 is 9.13 Å². The van der Waals surface area contributed by atoms with Crippen LogP contribution < -0.4 is 0 Å². The van der Waals surface area contributed by atoms with Crippen LogP contribution >= 0.6 is 0 Å². The molecule has 8 rings (SSSR count). The molecule has 0 amide bonds. The highest BCUT2D eigenvalue weighted by Crippen LogP contribution is 2.42. The summed E-state index contributed by atoms with van der Waals surface area (Å²) in [4.78, 5) is 0.